The molecule has 0 unspecified atom stereocenters. The Morgan fingerprint density at radius 1 is 0.941 bits per heavy atom. The van der Waals surface area contributed by atoms with Gasteiger partial charge < -0.3 is 15.4 Å². The van der Waals surface area contributed by atoms with Crippen LogP contribution in [0.5, 0.6) is 0 Å². The number of benzene rings is 3. The first kappa shape index (κ1) is 25.1. The Morgan fingerprint density at radius 2 is 1.62 bits per heavy atom. The van der Waals surface area contributed by atoms with E-state index in [1.54, 1.807) is 54.6 Å². The molecule has 0 saturated heterocycles. The number of hydrogen-bond acceptors (Lipinski definition) is 5. The Kier molecular flexibility index (Phi) is 8.56. The van der Waals surface area contributed by atoms with Crippen molar-refractivity contribution in [3.8, 4) is 0 Å². The molecule has 9 heteroatoms. The fourth-order valence-corrected chi connectivity index (χ4v) is 3.38. The monoisotopic (exact) mass is 542 g/mol. The highest BCUT2D eigenvalue weighted by molar-refractivity contribution is 9.10. The Labute approximate surface area is 209 Å². The molecule has 34 heavy (non-hydrogen) atoms. The van der Waals surface area contributed by atoms with E-state index in [-0.39, 0.29) is 17.0 Å². The van der Waals surface area contributed by atoms with Gasteiger partial charge in [-0.05, 0) is 49.4 Å². The van der Waals surface area contributed by atoms with Gasteiger partial charge in [0, 0.05) is 26.2 Å². The van der Waals surface area contributed by atoms with Crippen molar-refractivity contribution in [1.29, 1.82) is 0 Å². The van der Waals surface area contributed by atoms with Crippen LogP contribution in [0.3, 0.4) is 0 Å². The van der Waals surface area contributed by atoms with Crippen LogP contribution in [0, 0.1) is 0 Å². The molecular formula is C25H20BrClN2O5. The maximum absolute atomic E-state index is 12.9. The summed E-state index contributed by atoms with van der Waals surface area (Å²) < 4.78 is 5.83. The second-order valence-corrected chi connectivity index (χ2v) is 8.60. The molecule has 3 aromatic rings. The normalized spacial score (nSPS) is 11.3. The van der Waals surface area contributed by atoms with Crippen LogP contribution in [0.15, 0.2) is 77.3 Å². The van der Waals surface area contributed by atoms with E-state index in [2.05, 4.69) is 26.6 Å². The van der Waals surface area contributed by atoms with Gasteiger partial charge in [-0.1, -0.05) is 57.9 Å². The fourth-order valence-electron chi connectivity index (χ4n) is 2.95. The van der Waals surface area contributed by atoms with Crippen molar-refractivity contribution in [3.63, 3.8) is 0 Å². The smallest absolute Gasteiger partial charge is 0.328 e. The van der Waals surface area contributed by atoms with Crippen molar-refractivity contribution in [1.82, 2.24) is 5.32 Å². The van der Waals surface area contributed by atoms with E-state index in [4.69, 9.17) is 16.3 Å². The molecule has 0 saturated carbocycles. The Morgan fingerprint density at radius 3 is 2.29 bits per heavy atom. The van der Waals surface area contributed by atoms with E-state index in [0.717, 1.165) is 4.47 Å². The van der Waals surface area contributed by atoms with Gasteiger partial charge in [-0.3, -0.25) is 14.4 Å². The lowest BCUT2D eigenvalue weighted by Crippen LogP contribution is -2.40. The van der Waals surface area contributed by atoms with Crippen LogP contribution in [-0.4, -0.2) is 36.2 Å². The highest BCUT2D eigenvalue weighted by Gasteiger charge is 2.20. The van der Waals surface area contributed by atoms with E-state index in [0.29, 0.717) is 16.1 Å². The lowest BCUT2D eigenvalue weighted by atomic mass is 10.0. The summed E-state index contributed by atoms with van der Waals surface area (Å²) in [6.45, 7) is 0.853. The zero-order chi connectivity index (χ0) is 24.7. The lowest BCUT2D eigenvalue weighted by molar-refractivity contribution is -0.148. The number of halogens is 2. The van der Waals surface area contributed by atoms with Crippen molar-refractivity contribution in [3.05, 3.63) is 99.0 Å². The molecule has 3 rings (SSSR count). The second-order valence-electron chi connectivity index (χ2n) is 7.24. The number of amides is 2. The number of carbonyl (C=O) groups excluding carboxylic acids is 4. The van der Waals surface area contributed by atoms with E-state index in [1.165, 1.54) is 25.1 Å². The highest BCUT2D eigenvalue weighted by atomic mass is 79.9. The van der Waals surface area contributed by atoms with Gasteiger partial charge in [0.15, 0.2) is 12.4 Å². The summed E-state index contributed by atoms with van der Waals surface area (Å²) in [4.78, 5) is 49.7. The molecule has 2 amide bonds. The summed E-state index contributed by atoms with van der Waals surface area (Å²) in [6, 6.07) is 18.7. The standard InChI is InChI=1S/C25H20BrClN2O5/c1-15(28-24(32)17-7-9-18(26)10-8-17)25(33)34-14-22(30)29-21-12-11-19(27)13-20(21)23(31)16-5-3-2-4-6-16/h2-13,15H,14H2,1H3,(H,28,32)(H,29,30)/t15-/m0/s1. The molecule has 0 heterocycles. The zero-order valence-corrected chi connectivity index (χ0v) is 20.4. The van der Waals surface area contributed by atoms with E-state index >= 15 is 0 Å². The topological polar surface area (TPSA) is 102 Å². The van der Waals surface area contributed by atoms with Gasteiger partial charge in [0.25, 0.3) is 11.8 Å². The quantitative estimate of drug-likeness (QED) is 0.319. The number of ketones is 1. The Bertz CT molecular complexity index is 1220. The van der Waals surface area contributed by atoms with Crippen molar-refractivity contribution >= 4 is 56.8 Å². The Balaban J connectivity index is 1.58. The van der Waals surface area contributed by atoms with Gasteiger partial charge in [0.1, 0.15) is 6.04 Å². The SMILES string of the molecule is C[C@H](NC(=O)c1ccc(Br)cc1)C(=O)OCC(=O)Nc1ccc(Cl)cc1C(=O)c1ccccc1. The third-order valence-electron chi connectivity index (χ3n) is 4.69. The minimum absolute atomic E-state index is 0.202. The zero-order valence-electron chi connectivity index (χ0n) is 18.0. The van der Waals surface area contributed by atoms with Gasteiger partial charge in [-0.25, -0.2) is 4.79 Å². The van der Waals surface area contributed by atoms with Crippen molar-refractivity contribution in [2.45, 2.75) is 13.0 Å². The van der Waals surface area contributed by atoms with Crippen LogP contribution in [0.2, 0.25) is 5.02 Å². The first-order chi connectivity index (χ1) is 16.2. The largest absolute Gasteiger partial charge is 0.454 e. The van der Waals surface area contributed by atoms with Gasteiger partial charge in [0.2, 0.25) is 0 Å². The van der Waals surface area contributed by atoms with Crippen LogP contribution >= 0.6 is 27.5 Å². The first-order valence-electron chi connectivity index (χ1n) is 10.2. The maximum atomic E-state index is 12.9. The number of esters is 1. The molecule has 1 atom stereocenters. The van der Waals surface area contributed by atoms with Crippen LogP contribution < -0.4 is 10.6 Å². The molecule has 7 nitrogen and oxygen atoms in total. The number of hydrogen-bond donors (Lipinski definition) is 2. The molecule has 0 bridgehead atoms. The molecule has 0 aromatic heterocycles. The summed E-state index contributed by atoms with van der Waals surface area (Å²) in [5.74, 6) is -2.20. The summed E-state index contributed by atoms with van der Waals surface area (Å²) in [6.07, 6.45) is 0. The third kappa shape index (κ3) is 6.76. The minimum atomic E-state index is -0.977. The van der Waals surface area contributed by atoms with Gasteiger partial charge in [-0.15, -0.1) is 0 Å². The molecular weight excluding hydrogens is 524 g/mol. The minimum Gasteiger partial charge on any atom is -0.454 e. The third-order valence-corrected chi connectivity index (χ3v) is 5.45. The van der Waals surface area contributed by atoms with Gasteiger partial charge in [0.05, 0.1) is 5.69 Å². The average Bonchev–Trinajstić information content (AvgIpc) is 2.84. The highest BCUT2D eigenvalue weighted by Crippen LogP contribution is 2.23. The van der Waals surface area contributed by atoms with Crippen molar-refractivity contribution < 1.29 is 23.9 Å². The van der Waals surface area contributed by atoms with Crippen molar-refractivity contribution in [2.24, 2.45) is 0 Å². The number of carbonyl (C=O) groups is 4. The van der Waals surface area contributed by atoms with Crippen LogP contribution in [0.1, 0.15) is 33.2 Å². The molecule has 0 aliphatic heterocycles. The molecule has 0 radical (unpaired) electrons. The maximum Gasteiger partial charge on any atom is 0.328 e. The van der Waals surface area contributed by atoms with Gasteiger partial charge >= 0.3 is 5.97 Å². The summed E-state index contributed by atoms with van der Waals surface area (Å²) in [5, 5.41) is 5.42. The summed E-state index contributed by atoms with van der Waals surface area (Å²) in [7, 11) is 0. The summed E-state index contributed by atoms with van der Waals surface area (Å²) >= 11 is 9.33. The molecule has 0 fully saturated rings. The van der Waals surface area contributed by atoms with E-state index < -0.39 is 30.4 Å². The van der Waals surface area contributed by atoms with Crippen LogP contribution in [0.4, 0.5) is 5.69 Å². The molecule has 0 spiro atoms. The predicted molar refractivity (Wildman–Crippen MR) is 132 cm³/mol. The molecule has 2 N–H and O–H groups in total. The second kappa shape index (κ2) is 11.6. The van der Waals surface area contributed by atoms with E-state index in [9.17, 15) is 19.2 Å². The molecule has 174 valence electrons. The van der Waals surface area contributed by atoms with Crippen LogP contribution in [-0.2, 0) is 14.3 Å². The van der Waals surface area contributed by atoms with Gasteiger partial charge in [-0.2, -0.15) is 0 Å². The number of rotatable bonds is 8. The summed E-state index contributed by atoms with van der Waals surface area (Å²) in [5.41, 5.74) is 1.24. The first-order valence-corrected chi connectivity index (χ1v) is 11.3. The fraction of sp³-hybridized carbons (Fsp3) is 0.120. The number of nitrogens with one attached hydrogen (secondary N) is 2. The molecule has 3 aromatic carbocycles. The average molecular weight is 544 g/mol. The Hall–Kier alpha value is -3.49. The predicted octanol–water partition coefficient (Wildman–Crippen LogP) is 4.63. The van der Waals surface area contributed by atoms with Crippen LogP contribution in [0.25, 0.3) is 0 Å². The number of ether oxygens (including phenoxy) is 1. The van der Waals surface area contributed by atoms with Crippen molar-refractivity contribution in [2.75, 3.05) is 11.9 Å². The molecule has 0 aliphatic rings. The van der Waals surface area contributed by atoms with E-state index in [1.807, 2.05) is 0 Å². The molecule has 0 aliphatic carbocycles. The number of anilines is 1. The lowest BCUT2D eigenvalue weighted by Gasteiger charge is -2.14.